The first-order valence-corrected chi connectivity index (χ1v) is 5.21. The summed E-state index contributed by atoms with van der Waals surface area (Å²) in [4.78, 5) is 6.18. The lowest BCUT2D eigenvalue weighted by molar-refractivity contribution is 0.415. The number of nitriles is 1. The molecule has 0 radical (unpaired) electrons. The number of ether oxygens (including phenoxy) is 1. The third-order valence-corrected chi connectivity index (χ3v) is 2.61. The van der Waals surface area contributed by atoms with E-state index in [9.17, 15) is 0 Å². The smallest absolute Gasteiger partial charge is 0.119 e. The third-order valence-electron chi connectivity index (χ3n) is 2.61. The molecule has 4 heteroatoms. The van der Waals surface area contributed by atoms with Gasteiger partial charge in [0.05, 0.1) is 23.9 Å². The van der Waals surface area contributed by atoms with Gasteiger partial charge < -0.3 is 9.64 Å². The zero-order chi connectivity index (χ0) is 12.4. The molecule has 1 aromatic carbocycles. The van der Waals surface area contributed by atoms with Crippen molar-refractivity contribution in [3.8, 4) is 11.8 Å². The fourth-order valence-electron chi connectivity index (χ4n) is 1.85. The minimum absolute atomic E-state index is 0.566. The largest absolute Gasteiger partial charge is 0.497 e. The van der Waals surface area contributed by atoms with Crippen LogP contribution in [-0.2, 0) is 0 Å². The quantitative estimate of drug-likeness (QED) is 0.789. The average Bonchev–Trinajstić information content (AvgIpc) is 2.36. The summed E-state index contributed by atoms with van der Waals surface area (Å²) in [5, 5.41) is 10.0. The fraction of sp³-hybridized carbons (Fsp3) is 0.231. The van der Waals surface area contributed by atoms with Crippen molar-refractivity contribution in [2.45, 2.75) is 0 Å². The highest BCUT2D eigenvalue weighted by Gasteiger charge is 2.11. The molecule has 0 N–H and O–H groups in total. The molecule has 2 rings (SSSR count). The van der Waals surface area contributed by atoms with Crippen molar-refractivity contribution in [3.05, 3.63) is 30.0 Å². The van der Waals surface area contributed by atoms with Crippen LogP contribution in [0.15, 0.2) is 24.4 Å². The Morgan fingerprint density at radius 1 is 1.35 bits per heavy atom. The first-order chi connectivity index (χ1) is 8.17. The van der Waals surface area contributed by atoms with Gasteiger partial charge in [-0.3, -0.25) is 4.98 Å². The zero-order valence-corrected chi connectivity index (χ0v) is 10.1. The van der Waals surface area contributed by atoms with Gasteiger partial charge in [0.15, 0.2) is 0 Å². The Bertz CT molecular complexity index is 599. The molecule has 0 atom stereocenters. The van der Waals surface area contributed by atoms with E-state index in [-0.39, 0.29) is 0 Å². The molecule has 0 saturated heterocycles. The molecule has 0 unspecified atom stereocenters. The summed E-state index contributed by atoms with van der Waals surface area (Å²) >= 11 is 0. The maximum Gasteiger partial charge on any atom is 0.119 e. The van der Waals surface area contributed by atoms with E-state index in [0.29, 0.717) is 5.56 Å². The van der Waals surface area contributed by atoms with E-state index < -0.39 is 0 Å². The lowest BCUT2D eigenvalue weighted by Gasteiger charge is -2.17. The van der Waals surface area contributed by atoms with Crippen LogP contribution in [0.2, 0.25) is 0 Å². The predicted octanol–water partition coefficient (Wildman–Crippen LogP) is 2.18. The summed E-state index contributed by atoms with van der Waals surface area (Å²) in [5.41, 5.74) is 2.29. The van der Waals surface area contributed by atoms with Crippen LogP contribution >= 0.6 is 0 Å². The maximum atomic E-state index is 9.11. The summed E-state index contributed by atoms with van der Waals surface area (Å²) in [7, 11) is 5.45. The van der Waals surface area contributed by atoms with Gasteiger partial charge in [-0.25, -0.2) is 0 Å². The molecule has 0 aliphatic carbocycles. The van der Waals surface area contributed by atoms with Gasteiger partial charge in [-0.1, -0.05) is 0 Å². The number of anilines is 1. The number of rotatable bonds is 2. The molecular formula is C13H13N3O. The highest BCUT2D eigenvalue weighted by Crippen LogP contribution is 2.30. The van der Waals surface area contributed by atoms with Crippen molar-refractivity contribution >= 4 is 16.6 Å². The first kappa shape index (κ1) is 11.2. The summed E-state index contributed by atoms with van der Waals surface area (Å²) in [5.74, 6) is 0.762. The normalized spacial score (nSPS) is 10.0. The topological polar surface area (TPSA) is 49.1 Å². The van der Waals surface area contributed by atoms with Crippen LogP contribution < -0.4 is 9.64 Å². The molecule has 2 aromatic rings. The third kappa shape index (κ3) is 1.87. The molecule has 0 fully saturated rings. The Labute approximate surface area is 100 Å². The number of pyridine rings is 1. The van der Waals surface area contributed by atoms with Crippen molar-refractivity contribution in [2.24, 2.45) is 0 Å². The van der Waals surface area contributed by atoms with Crippen molar-refractivity contribution in [1.82, 2.24) is 4.98 Å². The van der Waals surface area contributed by atoms with Gasteiger partial charge in [0, 0.05) is 25.7 Å². The molecule has 0 bridgehead atoms. The highest BCUT2D eigenvalue weighted by molar-refractivity contribution is 5.95. The highest BCUT2D eigenvalue weighted by atomic mass is 16.5. The number of hydrogen-bond acceptors (Lipinski definition) is 4. The molecule has 4 nitrogen and oxygen atoms in total. The van der Waals surface area contributed by atoms with Crippen molar-refractivity contribution < 1.29 is 4.74 Å². The summed E-state index contributed by atoms with van der Waals surface area (Å²) in [6, 6.07) is 7.82. The van der Waals surface area contributed by atoms with Gasteiger partial charge in [-0.2, -0.15) is 5.26 Å². The molecule has 1 aromatic heterocycles. The Balaban J connectivity index is 2.82. The summed E-state index contributed by atoms with van der Waals surface area (Å²) in [6.07, 6.45) is 1.60. The van der Waals surface area contributed by atoms with Crippen molar-refractivity contribution in [2.75, 3.05) is 26.1 Å². The second-order valence-corrected chi connectivity index (χ2v) is 3.91. The first-order valence-electron chi connectivity index (χ1n) is 5.21. The number of fused-ring (bicyclic) bond motifs is 1. The van der Waals surface area contributed by atoms with Crippen LogP contribution in [0.25, 0.3) is 10.9 Å². The SMILES string of the molecule is COc1ccc2ncc(C#N)c(N(C)C)c2c1. The fourth-order valence-corrected chi connectivity index (χ4v) is 1.85. The van der Waals surface area contributed by atoms with Crippen LogP contribution in [-0.4, -0.2) is 26.2 Å². The Morgan fingerprint density at radius 3 is 2.71 bits per heavy atom. The van der Waals surface area contributed by atoms with E-state index in [1.807, 2.05) is 37.2 Å². The minimum atomic E-state index is 0.566. The second kappa shape index (κ2) is 4.30. The van der Waals surface area contributed by atoms with Gasteiger partial charge in [0.25, 0.3) is 0 Å². The van der Waals surface area contributed by atoms with E-state index in [4.69, 9.17) is 10.00 Å². The van der Waals surface area contributed by atoms with E-state index in [1.54, 1.807) is 13.3 Å². The van der Waals surface area contributed by atoms with Gasteiger partial charge in [-0.05, 0) is 18.2 Å². The van der Waals surface area contributed by atoms with Crippen LogP contribution in [0.4, 0.5) is 5.69 Å². The zero-order valence-electron chi connectivity index (χ0n) is 10.1. The Morgan fingerprint density at radius 2 is 2.12 bits per heavy atom. The van der Waals surface area contributed by atoms with E-state index >= 15 is 0 Å². The van der Waals surface area contributed by atoms with Crippen LogP contribution in [0.3, 0.4) is 0 Å². The lowest BCUT2D eigenvalue weighted by atomic mass is 10.1. The molecule has 86 valence electrons. The van der Waals surface area contributed by atoms with Gasteiger partial charge in [-0.15, -0.1) is 0 Å². The summed E-state index contributed by atoms with van der Waals surface area (Å²) in [6.45, 7) is 0. The Kier molecular flexibility index (Phi) is 2.84. The predicted molar refractivity (Wildman–Crippen MR) is 67.3 cm³/mol. The Hall–Kier alpha value is -2.28. The van der Waals surface area contributed by atoms with Crippen LogP contribution in [0.5, 0.6) is 5.75 Å². The van der Waals surface area contributed by atoms with Crippen molar-refractivity contribution in [1.29, 1.82) is 5.26 Å². The van der Waals surface area contributed by atoms with Crippen LogP contribution in [0.1, 0.15) is 5.56 Å². The molecule has 0 amide bonds. The average molecular weight is 227 g/mol. The minimum Gasteiger partial charge on any atom is -0.497 e. The molecule has 0 saturated carbocycles. The van der Waals surface area contributed by atoms with Gasteiger partial charge in [0.1, 0.15) is 11.8 Å². The standard InChI is InChI=1S/C13H13N3O/c1-16(2)13-9(7-14)8-15-12-5-4-10(17-3)6-11(12)13/h4-6,8H,1-3H3. The molecular weight excluding hydrogens is 214 g/mol. The van der Waals surface area contributed by atoms with Gasteiger partial charge >= 0.3 is 0 Å². The number of methoxy groups -OCH3 is 1. The van der Waals surface area contributed by atoms with E-state index in [2.05, 4.69) is 11.1 Å². The second-order valence-electron chi connectivity index (χ2n) is 3.91. The van der Waals surface area contributed by atoms with E-state index in [1.165, 1.54) is 0 Å². The van der Waals surface area contributed by atoms with Crippen molar-refractivity contribution in [3.63, 3.8) is 0 Å². The molecule has 1 heterocycles. The maximum absolute atomic E-state index is 9.11. The molecule has 17 heavy (non-hydrogen) atoms. The monoisotopic (exact) mass is 227 g/mol. The van der Waals surface area contributed by atoms with Crippen LogP contribution in [0, 0.1) is 11.3 Å². The molecule has 0 aliphatic rings. The molecule has 0 spiro atoms. The lowest BCUT2D eigenvalue weighted by Crippen LogP contribution is -2.11. The number of hydrogen-bond donors (Lipinski definition) is 0. The van der Waals surface area contributed by atoms with Gasteiger partial charge in [0.2, 0.25) is 0 Å². The number of aromatic nitrogens is 1. The molecule has 0 aliphatic heterocycles. The number of nitrogens with zero attached hydrogens (tertiary/aromatic N) is 3. The van der Waals surface area contributed by atoms with E-state index in [0.717, 1.165) is 22.3 Å². The summed E-state index contributed by atoms with van der Waals surface area (Å²) < 4.78 is 5.20. The number of benzene rings is 1.